The standard InChI is InChI=1S/C50H27N5O/c1-52-39-26-30(29-51)46(55-43-20-10-5-16-37(43)49-45(55)25-23-36-35-15-6-11-21-48(35)56-50(36)49)28-47(39)54-42-19-9-4-14-34(42)38-27-31(22-24-44(38)54)53-40-17-7-2-12-32(40)33-13-3-8-18-41(33)53/h2-28H. The number of hydrogen-bond acceptors (Lipinski definition) is 2. The average Bonchev–Trinajstić information content (AvgIpc) is 3.99. The van der Waals surface area contributed by atoms with Crippen molar-refractivity contribution >= 4 is 93.0 Å². The lowest BCUT2D eigenvalue weighted by Gasteiger charge is -2.16. The zero-order valence-corrected chi connectivity index (χ0v) is 29.7. The first kappa shape index (κ1) is 30.4. The summed E-state index contributed by atoms with van der Waals surface area (Å²) >= 11 is 0. The largest absolute Gasteiger partial charge is 0.455 e. The van der Waals surface area contributed by atoms with Crippen molar-refractivity contribution in [3.63, 3.8) is 0 Å². The van der Waals surface area contributed by atoms with E-state index in [0.29, 0.717) is 22.6 Å². The molecule has 4 heterocycles. The van der Waals surface area contributed by atoms with Crippen molar-refractivity contribution in [3.05, 3.63) is 181 Å². The van der Waals surface area contributed by atoms with Crippen LogP contribution in [-0.2, 0) is 0 Å². The normalized spacial score (nSPS) is 11.9. The number of aromatic nitrogens is 3. The van der Waals surface area contributed by atoms with Crippen LogP contribution in [0, 0.1) is 17.9 Å². The van der Waals surface area contributed by atoms with Gasteiger partial charge in [0.15, 0.2) is 0 Å². The summed E-state index contributed by atoms with van der Waals surface area (Å²) in [5.74, 6) is 0. The minimum absolute atomic E-state index is 0.403. The summed E-state index contributed by atoms with van der Waals surface area (Å²) in [6.07, 6.45) is 0. The van der Waals surface area contributed by atoms with Crippen LogP contribution in [0.3, 0.4) is 0 Å². The van der Waals surface area contributed by atoms with Gasteiger partial charge < -0.3 is 18.1 Å². The van der Waals surface area contributed by atoms with Crippen LogP contribution in [0.1, 0.15) is 5.56 Å². The van der Waals surface area contributed by atoms with Crippen LogP contribution >= 0.6 is 0 Å². The zero-order chi connectivity index (χ0) is 37.1. The molecular weight excluding hydrogens is 687 g/mol. The molecule has 0 saturated heterocycles. The molecule has 8 aromatic carbocycles. The van der Waals surface area contributed by atoms with Crippen molar-refractivity contribution in [1.29, 1.82) is 5.26 Å². The number of nitriles is 1. The van der Waals surface area contributed by atoms with Gasteiger partial charge in [-0.1, -0.05) is 91.0 Å². The Morgan fingerprint density at radius 3 is 1.68 bits per heavy atom. The quantitative estimate of drug-likeness (QED) is 0.171. The second-order valence-corrected chi connectivity index (χ2v) is 14.3. The van der Waals surface area contributed by atoms with Crippen LogP contribution in [0.2, 0.25) is 0 Å². The Labute approximate surface area is 319 Å². The van der Waals surface area contributed by atoms with Gasteiger partial charge in [0.25, 0.3) is 0 Å². The lowest BCUT2D eigenvalue weighted by molar-refractivity contribution is 0.673. The van der Waals surface area contributed by atoms with E-state index in [2.05, 4.69) is 140 Å². The smallest absolute Gasteiger partial charge is 0.212 e. The predicted molar refractivity (Wildman–Crippen MR) is 228 cm³/mol. The minimum Gasteiger partial charge on any atom is -0.455 e. The first-order valence-electron chi connectivity index (χ1n) is 18.5. The molecule has 0 amide bonds. The highest BCUT2D eigenvalue weighted by Gasteiger charge is 2.23. The monoisotopic (exact) mass is 713 g/mol. The van der Waals surface area contributed by atoms with Gasteiger partial charge in [-0.05, 0) is 72.8 Å². The highest BCUT2D eigenvalue weighted by Crippen LogP contribution is 2.44. The molecule has 6 heteroatoms. The van der Waals surface area contributed by atoms with Crippen molar-refractivity contribution in [3.8, 4) is 23.1 Å². The fraction of sp³-hybridized carbons (Fsp3) is 0. The van der Waals surface area contributed by atoms with Gasteiger partial charge in [0.1, 0.15) is 11.2 Å². The number of fused-ring (bicyclic) bond motifs is 13. The summed E-state index contributed by atoms with van der Waals surface area (Å²) in [5, 5.41) is 19.4. The molecular formula is C50H27N5O. The van der Waals surface area contributed by atoms with E-state index in [-0.39, 0.29) is 0 Å². The molecule has 12 rings (SSSR count). The Morgan fingerprint density at radius 1 is 0.464 bits per heavy atom. The summed E-state index contributed by atoms with van der Waals surface area (Å²) in [6.45, 7) is 8.39. The molecule has 0 bridgehead atoms. The van der Waals surface area contributed by atoms with Crippen molar-refractivity contribution in [2.24, 2.45) is 0 Å². The summed E-state index contributed by atoms with van der Waals surface area (Å²) in [5.41, 5.74) is 11.1. The molecule has 258 valence electrons. The average molecular weight is 714 g/mol. The van der Waals surface area contributed by atoms with Gasteiger partial charge in [-0.2, -0.15) is 5.26 Å². The van der Waals surface area contributed by atoms with Gasteiger partial charge in [0, 0.05) is 43.4 Å². The first-order valence-corrected chi connectivity index (χ1v) is 18.5. The van der Waals surface area contributed by atoms with Crippen molar-refractivity contribution in [2.75, 3.05) is 0 Å². The number of rotatable bonds is 3. The first-order chi connectivity index (χ1) is 27.7. The highest BCUT2D eigenvalue weighted by molar-refractivity contribution is 6.24. The number of benzene rings is 8. The molecule has 0 N–H and O–H groups in total. The van der Waals surface area contributed by atoms with Crippen molar-refractivity contribution < 1.29 is 4.42 Å². The third kappa shape index (κ3) is 3.97. The van der Waals surface area contributed by atoms with E-state index in [1.807, 2.05) is 42.5 Å². The molecule has 0 aliphatic rings. The molecule has 0 saturated carbocycles. The Hall–Kier alpha value is -8.06. The molecule has 0 radical (unpaired) electrons. The zero-order valence-electron chi connectivity index (χ0n) is 29.7. The van der Waals surface area contributed by atoms with Crippen LogP contribution in [-0.4, -0.2) is 13.7 Å². The van der Waals surface area contributed by atoms with E-state index >= 15 is 0 Å². The Balaban J connectivity index is 1.15. The molecule has 0 fully saturated rings. The maximum absolute atomic E-state index is 10.7. The summed E-state index contributed by atoms with van der Waals surface area (Å²) in [4.78, 5) is 4.04. The minimum atomic E-state index is 0.403. The third-order valence-corrected chi connectivity index (χ3v) is 11.5. The molecule has 56 heavy (non-hydrogen) atoms. The molecule has 0 aliphatic heterocycles. The van der Waals surface area contributed by atoms with Crippen LogP contribution in [0.5, 0.6) is 0 Å². The third-order valence-electron chi connectivity index (χ3n) is 11.5. The van der Waals surface area contributed by atoms with Gasteiger partial charge in [0.2, 0.25) is 5.69 Å². The Kier molecular flexibility index (Phi) is 6.10. The van der Waals surface area contributed by atoms with Gasteiger partial charge in [-0.15, -0.1) is 0 Å². The maximum atomic E-state index is 10.7. The van der Waals surface area contributed by atoms with Crippen molar-refractivity contribution in [2.45, 2.75) is 0 Å². The molecule has 4 aromatic heterocycles. The maximum Gasteiger partial charge on any atom is 0.212 e. The SMILES string of the molecule is [C-]#[N+]c1cc(C#N)c(-n2c3ccccc3c3c4oc5ccccc5c4ccc32)cc1-n1c2ccccc2c2cc(-n3c4ccccc4c4ccccc43)ccc21. The summed E-state index contributed by atoms with van der Waals surface area (Å²) in [7, 11) is 0. The van der Waals surface area contributed by atoms with Crippen LogP contribution in [0.25, 0.3) is 109 Å². The molecule has 0 aliphatic carbocycles. The fourth-order valence-electron chi connectivity index (χ4n) is 9.16. The topological polar surface area (TPSA) is 56.1 Å². The van der Waals surface area contributed by atoms with Crippen molar-refractivity contribution in [1.82, 2.24) is 13.7 Å². The number of nitrogens with zero attached hydrogens (tertiary/aromatic N) is 5. The molecule has 12 aromatic rings. The van der Waals surface area contributed by atoms with Gasteiger partial charge in [-0.25, -0.2) is 4.85 Å². The van der Waals surface area contributed by atoms with E-state index in [0.717, 1.165) is 82.3 Å². The lowest BCUT2D eigenvalue weighted by atomic mass is 10.1. The van der Waals surface area contributed by atoms with Crippen LogP contribution < -0.4 is 0 Å². The summed E-state index contributed by atoms with van der Waals surface area (Å²) in [6, 6.07) is 58.9. The van der Waals surface area contributed by atoms with E-state index in [9.17, 15) is 5.26 Å². The van der Waals surface area contributed by atoms with E-state index in [1.54, 1.807) is 6.07 Å². The predicted octanol–water partition coefficient (Wildman–Crippen LogP) is 13.3. The number of para-hydroxylation sites is 5. The number of furan rings is 1. The second kappa shape index (κ2) is 11.2. The van der Waals surface area contributed by atoms with Crippen LogP contribution in [0.4, 0.5) is 5.69 Å². The summed E-state index contributed by atoms with van der Waals surface area (Å²) < 4.78 is 13.2. The van der Waals surface area contributed by atoms with Gasteiger partial charge in [-0.3, -0.25) is 0 Å². The molecule has 0 spiro atoms. The van der Waals surface area contributed by atoms with Gasteiger partial charge in [0.05, 0.1) is 68.1 Å². The van der Waals surface area contributed by atoms with E-state index in [4.69, 9.17) is 11.0 Å². The Bertz CT molecular complexity index is 3690. The second-order valence-electron chi connectivity index (χ2n) is 14.3. The van der Waals surface area contributed by atoms with Gasteiger partial charge >= 0.3 is 0 Å². The molecule has 6 nitrogen and oxygen atoms in total. The van der Waals surface area contributed by atoms with E-state index in [1.165, 1.54) is 10.8 Å². The number of hydrogen-bond donors (Lipinski definition) is 0. The fourth-order valence-corrected chi connectivity index (χ4v) is 9.16. The Morgan fingerprint density at radius 2 is 1.00 bits per heavy atom. The molecule has 0 atom stereocenters. The molecule has 0 unspecified atom stereocenters. The highest BCUT2D eigenvalue weighted by atomic mass is 16.3. The van der Waals surface area contributed by atoms with Crippen LogP contribution in [0.15, 0.2) is 168 Å². The lowest BCUT2D eigenvalue weighted by Crippen LogP contribution is -2.02. The van der Waals surface area contributed by atoms with E-state index < -0.39 is 0 Å².